The Balaban J connectivity index is 1.41. The Hall–Kier alpha value is -2.59. The number of halogens is 3. The maximum absolute atomic E-state index is 14.0. The number of nitrogens with one attached hydrogen (secondary N) is 1. The van der Waals surface area contributed by atoms with Crippen molar-refractivity contribution in [2.75, 3.05) is 38.2 Å². The van der Waals surface area contributed by atoms with Crippen LogP contribution in [0.15, 0.2) is 40.2 Å². The smallest absolute Gasteiger partial charge is 0.287 e. The summed E-state index contributed by atoms with van der Waals surface area (Å²) in [5.41, 5.74) is -0.0458. The molecule has 0 spiro atoms. The van der Waals surface area contributed by atoms with Gasteiger partial charge in [-0.15, -0.1) is 0 Å². The highest BCUT2D eigenvalue weighted by Gasteiger charge is 2.42. The number of ether oxygens (including phenoxy) is 1. The molecule has 1 atom stereocenters. The van der Waals surface area contributed by atoms with Crippen LogP contribution in [0.5, 0.6) is 0 Å². The van der Waals surface area contributed by atoms with Crippen LogP contribution in [0.1, 0.15) is 30.9 Å². The van der Waals surface area contributed by atoms with Gasteiger partial charge in [-0.05, 0) is 37.1 Å². The van der Waals surface area contributed by atoms with Gasteiger partial charge in [0.1, 0.15) is 5.02 Å². The van der Waals surface area contributed by atoms with Gasteiger partial charge in [0.15, 0.2) is 0 Å². The molecule has 2 aliphatic heterocycles. The number of rotatable bonds is 6. The van der Waals surface area contributed by atoms with E-state index in [0.717, 1.165) is 0 Å². The second kappa shape index (κ2) is 10.2. The van der Waals surface area contributed by atoms with E-state index in [9.17, 15) is 22.0 Å². The Morgan fingerprint density at radius 2 is 1.94 bits per heavy atom. The monoisotopic (exact) mass is 527 g/mol. The molecule has 1 aromatic heterocycles. The third-order valence-electron chi connectivity index (χ3n) is 6.37. The molecule has 2 saturated heterocycles. The third-order valence-corrected chi connectivity index (χ3v) is 8.65. The topological polar surface area (TPSA) is 117 Å². The molecule has 0 amide bonds. The average Bonchev–Trinajstić information content (AvgIpc) is 2.85. The molecule has 35 heavy (non-hydrogen) atoms. The number of benzene rings is 1. The Morgan fingerprint density at radius 1 is 1.26 bits per heavy atom. The van der Waals surface area contributed by atoms with Crippen LogP contribution in [0, 0.1) is 17.2 Å². The minimum atomic E-state index is -3.74. The number of hydrogen-bond acceptors (Lipinski definition) is 7. The van der Waals surface area contributed by atoms with Gasteiger partial charge in [0.2, 0.25) is 10.0 Å². The van der Waals surface area contributed by atoms with E-state index >= 15 is 0 Å². The third kappa shape index (κ3) is 5.33. The predicted octanol–water partition coefficient (Wildman–Crippen LogP) is 2.88. The van der Waals surface area contributed by atoms with Crippen molar-refractivity contribution in [2.45, 2.75) is 36.1 Å². The van der Waals surface area contributed by atoms with Gasteiger partial charge in [-0.3, -0.25) is 4.79 Å². The SMILES string of the molecule is N#Cc1ccc(S(=O)(=O)N2CCC(n3ncc(NC[C@@H]4COCCC4(F)F)c(Cl)c3=O)CC2)cc1. The number of aromatic nitrogens is 2. The Kier molecular flexibility index (Phi) is 7.42. The summed E-state index contributed by atoms with van der Waals surface area (Å²) in [7, 11) is -3.74. The lowest BCUT2D eigenvalue weighted by atomic mass is 9.97. The fraction of sp³-hybridized carbons (Fsp3) is 0.500. The van der Waals surface area contributed by atoms with Crippen molar-refractivity contribution in [3.8, 4) is 6.07 Å². The van der Waals surface area contributed by atoms with Crippen molar-refractivity contribution in [1.29, 1.82) is 5.26 Å². The second-order valence-electron chi connectivity index (χ2n) is 8.56. The molecule has 2 aliphatic rings. The van der Waals surface area contributed by atoms with Gasteiger partial charge in [0.25, 0.3) is 11.5 Å². The van der Waals surface area contributed by atoms with Crippen LogP contribution in [-0.4, -0.2) is 61.3 Å². The lowest BCUT2D eigenvalue weighted by Crippen LogP contribution is -2.42. The van der Waals surface area contributed by atoms with Crippen LogP contribution in [-0.2, 0) is 14.8 Å². The largest absolute Gasteiger partial charge is 0.382 e. The number of hydrogen-bond donors (Lipinski definition) is 1. The van der Waals surface area contributed by atoms with E-state index in [2.05, 4.69) is 10.4 Å². The van der Waals surface area contributed by atoms with Gasteiger partial charge < -0.3 is 10.1 Å². The van der Waals surface area contributed by atoms with E-state index in [1.807, 2.05) is 6.07 Å². The normalized spacial score (nSPS) is 21.4. The Bertz CT molecular complexity index is 1270. The van der Waals surface area contributed by atoms with Gasteiger partial charge in [-0.25, -0.2) is 21.9 Å². The first-order valence-electron chi connectivity index (χ1n) is 11.1. The highest BCUT2D eigenvalue weighted by molar-refractivity contribution is 7.89. The van der Waals surface area contributed by atoms with Crippen molar-refractivity contribution in [3.05, 3.63) is 51.4 Å². The van der Waals surface area contributed by atoms with E-state index in [4.69, 9.17) is 21.6 Å². The minimum Gasteiger partial charge on any atom is -0.382 e. The summed E-state index contributed by atoms with van der Waals surface area (Å²) in [5.74, 6) is -3.91. The second-order valence-corrected chi connectivity index (χ2v) is 10.9. The number of sulfonamides is 1. The molecule has 0 aliphatic carbocycles. The summed E-state index contributed by atoms with van der Waals surface area (Å²) in [6, 6.07) is 7.27. The molecule has 1 aromatic carbocycles. The maximum Gasteiger partial charge on any atom is 0.287 e. The van der Waals surface area contributed by atoms with Gasteiger partial charge >= 0.3 is 0 Å². The highest BCUT2D eigenvalue weighted by atomic mass is 35.5. The summed E-state index contributed by atoms with van der Waals surface area (Å²) in [6.45, 7) is 0.149. The van der Waals surface area contributed by atoms with Crippen molar-refractivity contribution in [3.63, 3.8) is 0 Å². The molecule has 188 valence electrons. The first-order chi connectivity index (χ1) is 16.6. The number of alkyl halides is 2. The van der Waals surface area contributed by atoms with Crippen LogP contribution in [0.25, 0.3) is 0 Å². The van der Waals surface area contributed by atoms with Crippen LogP contribution < -0.4 is 10.9 Å². The molecule has 2 aromatic rings. The van der Waals surface area contributed by atoms with Gasteiger partial charge in [-0.2, -0.15) is 14.7 Å². The lowest BCUT2D eigenvalue weighted by Gasteiger charge is -2.32. The van der Waals surface area contributed by atoms with Crippen molar-refractivity contribution < 1.29 is 21.9 Å². The van der Waals surface area contributed by atoms with Crippen molar-refractivity contribution in [1.82, 2.24) is 14.1 Å². The van der Waals surface area contributed by atoms with Crippen LogP contribution >= 0.6 is 11.6 Å². The molecule has 9 nitrogen and oxygen atoms in total. The summed E-state index contributed by atoms with van der Waals surface area (Å²) in [4.78, 5) is 12.9. The molecule has 1 N–H and O–H groups in total. The molecule has 0 bridgehead atoms. The van der Waals surface area contributed by atoms with Gasteiger partial charge in [-0.1, -0.05) is 11.6 Å². The summed E-state index contributed by atoms with van der Waals surface area (Å²) >= 11 is 6.23. The number of piperidine rings is 1. The standard InChI is InChI=1S/C22H24ClF2N5O4S/c23-20-19(27-12-16-14-34-10-7-22(16,24)25)13-28-30(21(20)31)17-5-8-29(9-6-17)35(32,33)18-3-1-15(11-26)2-4-18/h1-4,13,16-17,27H,5-10,12,14H2/t16-/m1/s1. The zero-order valence-corrected chi connectivity index (χ0v) is 20.2. The lowest BCUT2D eigenvalue weighted by molar-refractivity contribution is -0.136. The van der Waals surface area contributed by atoms with Crippen LogP contribution in [0.2, 0.25) is 5.02 Å². The van der Waals surface area contributed by atoms with E-state index in [1.54, 1.807) is 0 Å². The number of nitrogens with zero attached hydrogens (tertiary/aromatic N) is 4. The first-order valence-corrected chi connectivity index (χ1v) is 12.9. The zero-order valence-electron chi connectivity index (χ0n) is 18.7. The number of nitriles is 1. The highest BCUT2D eigenvalue weighted by Crippen LogP contribution is 2.33. The molecule has 0 saturated carbocycles. The fourth-order valence-electron chi connectivity index (χ4n) is 4.21. The van der Waals surface area contributed by atoms with Crippen LogP contribution in [0.3, 0.4) is 0 Å². The first kappa shape index (κ1) is 25.5. The molecule has 0 radical (unpaired) electrons. The average molecular weight is 528 g/mol. The molecule has 0 unspecified atom stereocenters. The van der Waals surface area contributed by atoms with Crippen molar-refractivity contribution >= 4 is 27.3 Å². The predicted molar refractivity (Wildman–Crippen MR) is 124 cm³/mol. The summed E-state index contributed by atoms with van der Waals surface area (Å²) in [6.07, 6.45) is 1.66. The molecule has 3 heterocycles. The zero-order chi connectivity index (χ0) is 25.2. The molecular formula is C22H24ClF2N5O4S. The van der Waals surface area contributed by atoms with E-state index in [1.165, 1.54) is 39.4 Å². The minimum absolute atomic E-state index is 0.00937. The summed E-state index contributed by atoms with van der Waals surface area (Å²) < 4.78 is 61.6. The van der Waals surface area contributed by atoms with E-state index < -0.39 is 27.4 Å². The van der Waals surface area contributed by atoms with Gasteiger partial charge in [0, 0.05) is 26.1 Å². The van der Waals surface area contributed by atoms with E-state index in [0.29, 0.717) is 18.4 Å². The number of anilines is 1. The molecule has 2 fully saturated rings. The van der Waals surface area contributed by atoms with E-state index in [-0.39, 0.29) is 60.9 Å². The Labute approximate surface area is 206 Å². The van der Waals surface area contributed by atoms with Crippen molar-refractivity contribution in [2.24, 2.45) is 5.92 Å². The maximum atomic E-state index is 14.0. The molecule has 13 heteroatoms. The fourth-order valence-corrected chi connectivity index (χ4v) is 5.88. The summed E-state index contributed by atoms with van der Waals surface area (Å²) in [5, 5.41) is 15.7. The van der Waals surface area contributed by atoms with Gasteiger partial charge in [0.05, 0.1) is 53.6 Å². The quantitative estimate of drug-likeness (QED) is 0.613. The molecule has 4 rings (SSSR count). The molecular weight excluding hydrogens is 504 g/mol. The Morgan fingerprint density at radius 3 is 2.57 bits per heavy atom. The van der Waals surface area contributed by atoms with Crippen LogP contribution in [0.4, 0.5) is 14.5 Å².